The summed E-state index contributed by atoms with van der Waals surface area (Å²) in [5.41, 5.74) is 3.79. The molecule has 1 aliphatic heterocycles. The van der Waals surface area contributed by atoms with Gasteiger partial charge in [-0.05, 0) is 49.1 Å². The van der Waals surface area contributed by atoms with Crippen LogP contribution in [0.15, 0.2) is 37.9 Å². The van der Waals surface area contributed by atoms with Crippen molar-refractivity contribution >= 4 is 55.8 Å². The van der Waals surface area contributed by atoms with Crippen LogP contribution >= 0.6 is 39.1 Å². The summed E-state index contributed by atoms with van der Waals surface area (Å²) in [4.78, 5) is 14.5. The van der Waals surface area contributed by atoms with Crippen LogP contribution in [0.2, 0.25) is 10.0 Å². The average Bonchev–Trinajstić information content (AvgIpc) is 3.14. The van der Waals surface area contributed by atoms with Crippen LogP contribution in [0.25, 0.3) is 11.0 Å². The fourth-order valence-corrected chi connectivity index (χ4v) is 5.07. The van der Waals surface area contributed by atoms with Crippen molar-refractivity contribution in [1.29, 1.82) is 0 Å². The van der Waals surface area contributed by atoms with E-state index in [2.05, 4.69) is 15.9 Å². The summed E-state index contributed by atoms with van der Waals surface area (Å²) >= 11 is 16.4. The lowest BCUT2D eigenvalue weighted by atomic mass is 10.0. The molecular formula is C20H14BrCl2NO3. The molecule has 2 aromatic carbocycles. The van der Waals surface area contributed by atoms with Gasteiger partial charge in [0.25, 0.3) is 0 Å². The van der Waals surface area contributed by atoms with Crippen molar-refractivity contribution in [3.05, 3.63) is 65.9 Å². The second-order valence-corrected chi connectivity index (χ2v) is 8.54. The fourth-order valence-electron chi connectivity index (χ4n) is 4.00. The fraction of sp³-hybridized carbons (Fsp3) is 0.250. The van der Waals surface area contributed by atoms with Gasteiger partial charge in [-0.1, -0.05) is 39.1 Å². The van der Waals surface area contributed by atoms with Gasteiger partial charge < -0.3 is 14.1 Å². The van der Waals surface area contributed by atoms with E-state index in [1.165, 1.54) is 0 Å². The molecule has 5 rings (SSSR count). The highest BCUT2D eigenvalue weighted by Crippen LogP contribution is 2.42. The third-order valence-electron chi connectivity index (χ3n) is 5.23. The molecule has 0 spiro atoms. The van der Waals surface area contributed by atoms with Crippen LogP contribution in [0.5, 0.6) is 5.75 Å². The predicted molar refractivity (Wildman–Crippen MR) is 110 cm³/mol. The molecule has 0 N–H and O–H groups in total. The lowest BCUT2D eigenvalue weighted by molar-refractivity contribution is 0.289. The molecule has 1 aliphatic carbocycles. The minimum Gasteiger partial charge on any atom is -0.471 e. The molecule has 0 bridgehead atoms. The lowest BCUT2D eigenvalue weighted by Crippen LogP contribution is -2.32. The smallest absolute Gasteiger partial charge is 0.339 e. The Morgan fingerprint density at radius 1 is 1.04 bits per heavy atom. The number of hydrogen-bond donors (Lipinski definition) is 0. The van der Waals surface area contributed by atoms with E-state index in [1.807, 2.05) is 29.2 Å². The molecule has 1 aromatic heterocycles. The Labute approximate surface area is 173 Å². The molecule has 0 radical (unpaired) electrons. The summed E-state index contributed by atoms with van der Waals surface area (Å²) in [6.45, 7) is 0.810. The van der Waals surface area contributed by atoms with E-state index >= 15 is 0 Å². The Kier molecular flexibility index (Phi) is 4.15. The molecule has 0 atom stereocenters. The summed E-state index contributed by atoms with van der Waals surface area (Å²) in [5, 5.41) is 2.07. The Balaban J connectivity index is 1.69. The van der Waals surface area contributed by atoms with Crippen LogP contribution < -0.4 is 15.3 Å². The maximum Gasteiger partial charge on any atom is 0.339 e. The van der Waals surface area contributed by atoms with Crippen molar-refractivity contribution in [2.45, 2.75) is 25.8 Å². The summed E-state index contributed by atoms with van der Waals surface area (Å²) in [6.07, 6.45) is 2.60. The zero-order valence-electron chi connectivity index (χ0n) is 14.2. The summed E-state index contributed by atoms with van der Waals surface area (Å²) in [5.74, 6) is 0.578. The number of hydrogen-bond acceptors (Lipinski definition) is 4. The van der Waals surface area contributed by atoms with Crippen LogP contribution in [-0.2, 0) is 19.4 Å². The molecule has 4 nitrogen and oxygen atoms in total. The zero-order valence-corrected chi connectivity index (χ0v) is 17.2. The monoisotopic (exact) mass is 465 g/mol. The van der Waals surface area contributed by atoms with E-state index < -0.39 is 0 Å². The first-order chi connectivity index (χ1) is 13.0. The minimum absolute atomic E-state index is 0.252. The van der Waals surface area contributed by atoms with Gasteiger partial charge in [-0.2, -0.15) is 0 Å². The van der Waals surface area contributed by atoms with Crippen LogP contribution in [0, 0.1) is 0 Å². The van der Waals surface area contributed by atoms with Crippen molar-refractivity contribution in [2.75, 3.05) is 11.6 Å². The van der Waals surface area contributed by atoms with E-state index in [0.717, 1.165) is 51.5 Å². The SMILES string of the molecule is O=c1oc2c3c(c(Cl)cc2c2c1CCC2)OCN(c1ccc(Br)cc1Cl)C3. The number of halogens is 3. The predicted octanol–water partition coefficient (Wildman–Crippen LogP) is 5.71. The first-order valence-electron chi connectivity index (χ1n) is 8.65. The Hall–Kier alpha value is -1.69. The number of nitrogens with zero attached hydrogens (tertiary/aromatic N) is 1. The highest BCUT2D eigenvalue weighted by molar-refractivity contribution is 9.10. The normalized spacial score (nSPS) is 15.6. The van der Waals surface area contributed by atoms with Crippen LogP contribution in [0.1, 0.15) is 23.1 Å². The van der Waals surface area contributed by atoms with Gasteiger partial charge in [-0.25, -0.2) is 4.79 Å². The van der Waals surface area contributed by atoms with E-state index in [-0.39, 0.29) is 5.63 Å². The van der Waals surface area contributed by atoms with Crippen LogP contribution in [0.4, 0.5) is 5.69 Å². The summed E-state index contributed by atoms with van der Waals surface area (Å²) in [7, 11) is 0. The maximum atomic E-state index is 12.5. The number of ether oxygens (including phenoxy) is 1. The quantitative estimate of drug-likeness (QED) is 0.431. The lowest BCUT2D eigenvalue weighted by Gasteiger charge is -2.32. The van der Waals surface area contributed by atoms with E-state index in [4.69, 9.17) is 32.4 Å². The molecule has 0 unspecified atom stereocenters. The second-order valence-electron chi connectivity index (χ2n) is 6.81. The van der Waals surface area contributed by atoms with Gasteiger partial charge in [0.1, 0.15) is 11.3 Å². The van der Waals surface area contributed by atoms with Crippen molar-refractivity contribution < 1.29 is 9.15 Å². The summed E-state index contributed by atoms with van der Waals surface area (Å²) < 4.78 is 12.6. The number of benzene rings is 2. The Morgan fingerprint density at radius 2 is 1.85 bits per heavy atom. The molecule has 2 aliphatic rings. The number of aryl methyl sites for hydroxylation is 1. The number of anilines is 1. The van der Waals surface area contributed by atoms with Gasteiger partial charge in [-0.15, -0.1) is 0 Å². The number of fused-ring (bicyclic) bond motifs is 5. The molecule has 138 valence electrons. The Morgan fingerprint density at radius 3 is 2.67 bits per heavy atom. The first-order valence-corrected chi connectivity index (χ1v) is 10.2. The first kappa shape index (κ1) is 17.4. The molecule has 27 heavy (non-hydrogen) atoms. The second kappa shape index (κ2) is 6.43. The third kappa shape index (κ3) is 2.75. The minimum atomic E-state index is -0.252. The van der Waals surface area contributed by atoms with Crippen molar-refractivity contribution in [2.24, 2.45) is 0 Å². The van der Waals surface area contributed by atoms with Gasteiger partial charge in [-0.3, -0.25) is 0 Å². The van der Waals surface area contributed by atoms with E-state index in [0.29, 0.717) is 34.7 Å². The van der Waals surface area contributed by atoms with Gasteiger partial charge in [0.15, 0.2) is 6.73 Å². The average molecular weight is 467 g/mol. The van der Waals surface area contributed by atoms with Gasteiger partial charge in [0.05, 0.1) is 27.8 Å². The Bertz CT molecular complexity index is 1160. The molecular weight excluding hydrogens is 453 g/mol. The largest absolute Gasteiger partial charge is 0.471 e. The van der Waals surface area contributed by atoms with Gasteiger partial charge in [0, 0.05) is 15.4 Å². The highest BCUT2D eigenvalue weighted by atomic mass is 79.9. The molecule has 2 heterocycles. The van der Waals surface area contributed by atoms with Crippen molar-refractivity contribution in [1.82, 2.24) is 0 Å². The van der Waals surface area contributed by atoms with Gasteiger partial charge in [0.2, 0.25) is 0 Å². The molecule has 0 fully saturated rings. The van der Waals surface area contributed by atoms with Crippen molar-refractivity contribution in [3.63, 3.8) is 0 Å². The topological polar surface area (TPSA) is 42.7 Å². The standard InChI is InChI=1S/C20H14BrCl2NO3/c21-10-4-5-17(15(22)6-10)24-8-14-18-13(7-16(23)19(14)26-9-24)11-2-1-3-12(11)20(25)27-18/h4-7H,1-3,8-9H2. The molecule has 3 aromatic rings. The van der Waals surface area contributed by atoms with E-state index in [9.17, 15) is 4.79 Å². The van der Waals surface area contributed by atoms with Crippen LogP contribution in [-0.4, -0.2) is 6.73 Å². The molecule has 7 heteroatoms. The summed E-state index contributed by atoms with van der Waals surface area (Å²) in [6, 6.07) is 7.57. The van der Waals surface area contributed by atoms with Crippen LogP contribution in [0.3, 0.4) is 0 Å². The van der Waals surface area contributed by atoms with E-state index in [1.54, 1.807) is 0 Å². The van der Waals surface area contributed by atoms with Crippen molar-refractivity contribution in [3.8, 4) is 5.75 Å². The third-order valence-corrected chi connectivity index (χ3v) is 6.31. The zero-order chi connectivity index (χ0) is 18.7. The maximum absolute atomic E-state index is 12.5. The highest BCUT2D eigenvalue weighted by Gasteiger charge is 2.28. The number of rotatable bonds is 1. The molecule has 0 amide bonds. The van der Waals surface area contributed by atoms with Gasteiger partial charge >= 0.3 is 5.63 Å². The molecule has 0 saturated carbocycles. The molecule has 0 saturated heterocycles.